The van der Waals surface area contributed by atoms with E-state index in [0.717, 1.165) is 18.9 Å². The summed E-state index contributed by atoms with van der Waals surface area (Å²) in [5.41, 5.74) is 1.35. The van der Waals surface area contributed by atoms with Crippen molar-refractivity contribution >= 4 is 5.82 Å². The maximum Gasteiger partial charge on any atom is 0.130 e. The molecule has 2 N–H and O–H groups in total. The fourth-order valence-corrected chi connectivity index (χ4v) is 2.56. The van der Waals surface area contributed by atoms with Crippen LogP contribution < -0.4 is 10.6 Å². The van der Waals surface area contributed by atoms with E-state index in [2.05, 4.69) is 70.2 Å². The molecule has 21 heavy (non-hydrogen) atoms. The van der Waals surface area contributed by atoms with Crippen LogP contribution in [0.3, 0.4) is 0 Å². The summed E-state index contributed by atoms with van der Waals surface area (Å²) in [6.07, 6.45) is 1.86. The lowest BCUT2D eigenvalue weighted by atomic mass is 9.85. The highest BCUT2D eigenvalue weighted by atomic mass is 15.0. The minimum atomic E-state index is 0.117. The summed E-state index contributed by atoms with van der Waals surface area (Å²) in [7, 11) is 0. The third kappa shape index (κ3) is 6.47. The van der Waals surface area contributed by atoms with E-state index in [-0.39, 0.29) is 5.54 Å². The summed E-state index contributed by atoms with van der Waals surface area (Å²) >= 11 is 0. The molecule has 1 aromatic heterocycles. The molecule has 0 saturated carbocycles. The Hall–Kier alpha value is -1.09. The van der Waals surface area contributed by atoms with Crippen molar-refractivity contribution in [1.29, 1.82) is 0 Å². The normalized spacial score (nSPS) is 12.5. The molecule has 0 fully saturated rings. The van der Waals surface area contributed by atoms with Crippen molar-refractivity contribution in [2.75, 3.05) is 11.9 Å². The van der Waals surface area contributed by atoms with Crippen LogP contribution in [0.25, 0.3) is 0 Å². The van der Waals surface area contributed by atoms with Crippen LogP contribution in [0, 0.1) is 17.8 Å². The third-order valence-corrected chi connectivity index (χ3v) is 3.92. The Morgan fingerprint density at radius 2 is 1.71 bits per heavy atom. The second-order valence-electron chi connectivity index (χ2n) is 7.65. The SMILES string of the molecule is CC(C)C(CNc1ncccc1CNC(C)(C)C)C(C)C. The molecule has 3 nitrogen and oxygen atoms in total. The Morgan fingerprint density at radius 1 is 1.10 bits per heavy atom. The number of rotatable bonds is 7. The van der Waals surface area contributed by atoms with Gasteiger partial charge in [0.1, 0.15) is 5.82 Å². The molecule has 0 bridgehead atoms. The topological polar surface area (TPSA) is 37.0 Å². The maximum atomic E-state index is 4.52. The Bertz CT molecular complexity index is 411. The molecule has 3 heteroatoms. The van der Waals surface area contributed by atoms with E-state index < -0.39 is 0 Å². The number of nitrogens with zero attached hydrogens (tertiary/aromatic N) is 1. The molecule has 1 heterocycles. The van der Waals surface area contributed by atoms with Gasteiger partial charge in [-0.25, -0.2) is 4.98 Å². The van der Waals surface area contributed by atoms with E-state index in [9.17, 15) is 0 Å². The van der Waals surface area contributed by atoms with E-state index in [1.165, 1.54) is 5.56 Å². The van der Waals surface area contributed by atoms with Gasteiger partial charge in [-0.15, -0.1) is 0 Å². The Kier molecular flexibility index (Phi) is 6.66. The fourth-order valence-electron chi connectivity index (χ4n) is 2.56. The van der Waals surface area contributed by atoms with Crippen molar-refractivity contribution in [2.24, 2.45) is 17.8 Å². The first-order chi connectivity index (χ1) is 9.70. The molecule has 0 saturated heterocycles. The van der Waals surface area contributed by atoms with Crippen LogP contribution in [0.15, 0.2) is 18.3 Å². The number of pyridine rings is 1. The van der Waals surface area contributed by atoms with Gasteiger partial charge in [0.25, 0.3) is 0 Å². The third-order valence-electron chi connectivity index (χ3n) is 3.92. The first-order valence-electron chi connectivity index (χ1n) is 8.13. The molecule has 0 aromatic carbocycles. The number of aromatic nitrogens is 1. The summed E-state index contributed by atoms with van der Waals surface area (Å²) in [4.78, 5) is 4.52. The lowest BCUT2D eigenvalue weighted by Gasteiger charge is -2.26. The van der Waals surface area contributed by atoms with Crippen LogP contribution in [0.2, 0.25) is 0 Å². The molecule has 0 aliphatic carbocycles. The van der Waals surface area contributed by atoms with E-state index >= 15 is 0 Å². The molecule has 0 radical (unpaired) electrons. The minimum Gasteiger partial charge on any atom is -0.370 e. The zero-order valence-corrected chi connectivity index (χ0v) is 14.8. The lowest BCUT2D eigenvalue weighted by molar-refractivity contribution is 0.304. The Morgan fingerprint density at radius 3 is 2.24 bits per heavy atom. The highest BCUT2D eigenvalue weighted by molar-refractivity contribution is 5.43. The van der Waals surface area contributed by atoms with E-state index in [0.29, 0.717) is 17.8 Å². The largest absolute Gasteiger partial charge is 0.370 e. The van der Waals surface area contributed by atoms with Crippen LogP contribution in [0.4, 0.5) is 5.82 Å². The van der Waals surface area contributed by atoms with Crippen molar-refractivity contribution in [1.82, 2.24) is 10.3 Å². The summed E-state index contributed by atoms with van der Waals surface area (Å²) in [6, 6.07) is 4.15. The van der Waals surface area contributed by atoms with Crippen LogP contribution in [-0.4, -0.2) is 17.1 Å². The average Bonchev–Trinajstić information content (AvgIpc) is 2.36. The average molecular weight is 291 g/mol. The van der Waals surface area contributed by atoms with Gasteiger partial charge in [-0.3, -0.25) is 0 Å². The van der Waals surface area contributed by atoms with Crippen molar-refractivity contribution in [2.45, 2.75) is 60.5 Å². The van der Waals surface area contributed by atoms with Gasteiger partial charge in [-0.2, -0.15) is 0 Å². The summed E-state index contributed by atoms with van der Waals surface area (Å²) in [5.74, 6) is 3.03. The molecule has 0 unspecified atom stereocenters. The quantitative estimate of drug-likeness (QED) is 0.786. The van der Waals surface area contributed by atoms with Crippen LogP contribution >= 0.6 is 0 Å². The molecule has 120 valence electrons. The Balaban J connectivity index is 2.70. The molecule has 0 spiro atoms. The predicted octanol–water partition coefficient (Wildman–Crippen LogP) is 4.31. The second kappa shape index (κ2) is 7.79. The molecular weight excluding hydrogens is 258 g/mol. The summed E-state index contributed by atoms with van der Waals surface area (Å²) < 4.78 is 0. The predicted molar refractivity (Wildman–Crippen MR) is 92.5 cm³/mol. The lowest BCUT2D eigenvalue weighted by Crippen LogP contribution is -2.35. The van der Waals surface area contributed by atoms with Gasteiger partial charge >= 0.3 is 0 Å². The standard InChI is InChI=1S/C18H33N3/c1-13(2)16(14(3)4)12-20-17-15(9-8-10-19-17)11-21-18(5,6)7/h8-10,13-14,16,21H,11-12H2,1-7H3,(H,19,20). The van der Waals surface area contributed by atoms with Gasteiger partial charge in [0.05, 0.1) is 0 Å². The van der Waals surface area contributed by atoms with Crippen molar-refractivity contribution in [3.05, 3.63) is 23.9 Å². The summed E-state index contributed by atoms with van der Waals surface area (Å²) in [5, 5.41) is 7.09. The van der Waals surface area contributed by atoms with Gasteiger partial charge in [0, 0.05) is 30.4 Å². The first-order valence-corrected chi connectivity index (χ1v) is 8.13. The van der Waals surface area contributed by atoms with E-state index in [4.69, 9.17) is 0 Å². The smallest absolute Gasteiger partial charge is 0.130 e. The van der Waals surface area contributed by atoms with Crippen molar-refractivity contribution < 1.29 is 0 Å². The van der Waals surface area contributed by atoms with E-state index in [1.807, 2.05) is 12.3 Å². The zero-order chi connectivity index (χ0) is 16.0. The van der Waals surface area contributed by atoms with Gasteiger partial charge in [-0.1, -0.05) is 33.8 Å². The number of hydrogen-bond donors (Lipinski definition) is 2. The number of hydrogen-bond acceptors (Lipinski definition) is 3. The van der Waals surface area contributed by atoms with Crippen molar-refractivity contribution in [3.8, 4) is 0 Å². The number of nitrogens with one attached hydrogen (secondary N) is 2. The fraction of sp³-hybridized carbons (Fsp3) is 0.722. The van der Waals surface area contributed by atoms with E-state index in [1.54, 1.807) is 0 Å². The monoisotopic (exact) mass is 291 g/mol. The van der Waals surface area contributed by atoms with Gasteiger partial charge < -0.3 is 10.6 Å². The molecule has 0 aliphatic heterocycles. The zero-order valence-electron chi connectivity index (χ0n) is 14.8. The molecular formula is C18H33N3. The molecule has 0 amide bonds. The van der Waals surface area contributed by atoms with Crippen molar-refractivity contribution in [3.63, 3.8) is 0 Å². The molecule has 0 aliphatic rings. The summed E-state index contributed by atoms with van der Waals surface area (Å²) in [6.45, 7) is 17.6. The van der Waals surface area contributed by atoms with Crippen LogP contribution in [0.5, 0.6) is 0 Å². The first kappa shape index (κ1) is 18.0. The highest BCUT2D eigenvalue weighted by Crippen LogP contribution is 2.22. The minimum absolute atomic E-state index is 0.117. The van der Waals surface area contributed by atoms with Gasteiger partial charge in [0.2, 0.25) is 0 Å². The van der Waals surface area contributed by atoms with Gasteiger partial charge in [0.15, 0.2) is 0 Å². The van der Waals surface area contributed by atoms with Crippen LogP contribution in [0.1, 0.15) is 54.0 Å². The molecule has 0 atom stereocenters. The molecule has 1 aromatic rings. The Labute approximate surface area is 130 Å². The maximum absolute atomic E-state index is 4.52. The molecule has 1 rings (SSSR count). The number of anilines is 1. The van der Waals surface area contributed by atoms with Gasteiger partial charge in [-0.05, 0) is 44.6 Å². The highest BCUT2D eigenvalue weighted by Gasteiger charge is 2.18. The second-order valence-corrected chi connectivity index (χ2v) is 7.65. The van der Waals surface area contributed by atoms with Crippen LogP contribution in [-0.2, 0) is 6.54 Å².